The molecule has 0 saturated carbocycles. The molecule has 0 amide bonds. The Kier molecular flexibility index (Phi) is 9.91. The van der Waals surface area contributed by atoms with Gasteiger partial charge in [-0.05, 0) is 113 Å². The third kappa shape index (κ3) is 7.31. The molecule has 266 valence electrons. The van der Waals surface area contributed by atoms with Gasteiger partial charge < -0.3 is 12.9 Å². The maximum Gasteiger partial charge on any atom is 0.453 e. The van der Waals surface area contributed by atoms with Gasteiger partial charge in [0, 0.05) is 27.2 Å². The highest BCUT2D eigenvalue weighted by molar-refractivity contribution is 7.80. The van der Waals surface area contributed by atoms with E-state index >= 15 is 0 Å². The molecule has 51 heavy (non-hydrogen) atoms. The number of rotatable bonds is 5. The normalized spacial score (nSPS) is 12.3. The lowest BCUT2D eigenvalue weighted by Crippen LogP contribution is -2.22. The van der Waals surface area contributed by atoms with Crippen molar-refractivity contribution in [1.29, 1.82) is 0 Å². The minimum absolute atomic E-state index is 0.170. The van der Waals surface area contributed by atoms with Crippen LogP contribution in [0, 0.1) is 55.4 Å². The van der Waals surface area contributed by atoms with Crippen LogP contribution in [0.3, 0.4) is 0 Å². The van der Waals surface area contributed by atoms with Gasteiger partial charge in [-0.2, -0.15) is 0 Å². The maximum absolute atomic E-state index is 7.15. The summed E-state index contributed by atoms with van der Waals surface area (Å²) in [5.41, 5.74) is 13.7. The van der Waals surface area contributed by atoms with Crippen LogP contribution in [-0.2, 0) is 10.8 Å². The van der Waals surface area contributed by atoms with Gasteiger partial charge in [-0.15, -0.1) is 0 Å². The highest BCUT2D eigenvalue weighted by atomic mass is 31.1. The lowest BCUT2D eigenvalue weighted by molar-refractivity contribution is 0.491. The third-order valence-corrected chi connectivity index (χ3v) is 13.4. The largest absolute Gasteiger partial charge is 0.453 e. The summed E-state index contributed by atoms with van der Waals surface area (Å²) < 4.78 is 21.4. The molecule has 0 atom stereocenters. The molecule has 1 heterocycles. The number of aryl methyl sites for hydroxylation is 8. The molecule has 3 nitrogen and oxygen atoms in total. The molecule has 5 heteroatoms. The average Bonchev–Trinajstić information content (AvgIpc) is 3.17. The Morgan fingerprint density at radius 3 is 1.31 bits per heavy atom. The number of hydrogen-bond donors (Lipinski definition) is 0. The van der Waals surface area contributed by atoms with E-state index in [2.05, 4.69) is 170 Å². The Labute approximate surface area is 307 Å². The van der Waals surface area contributed by atoms with E-state index in [9.17, 15) is 0 Å². The summed E-state index contributed by atoms with van der Waals surface area (Å²) in [6.07, 6.45) is 0. The molecule has 0 radical (unpaired) electrons. The lowest BCUT2D eigenvalue weighted by Gasteiger charge is -2.23. The molecule has 0 aliphatic heterocycles. The Hall–Kier alpha value is -3.77. The molecule has 0 N–H and O–H groups in total. The Bertz CT molecular complexity index is 2170. The predicted octanol–water partition coefficient (Wildman–Crippen LogP) is 13.0. The van der Waals surface area contributed by atoms with Crippen molar-refractivity contribution in [2.24, 2.45) is 0 Å². The minimum atomic E-state index is -1.91. The minimum Gasteiger partial charge on any atom is -0.390 e. The number of fused-ring (bicyclic) bond motifs is 3. The third-order valence-electron chi connectivity index (χ3n) is 10.0. The number of benzene rings is 5. The summed E-state index contributed by atoms with van der Waals surface area (Å²) in [6, 6.07) is 27.0. The van der Waals surface area contributed by atoms with E-state index in [4.69, 9.17) is 12.9 Å². The molecule has 0 bridgehead atoms. The van der Waals surface area contributed by atoms with Gasteiger partial charge in [0.25, 0.3) is 0 Å². The first-order valence-corrected chi connectivity index (χ1v) is 20.5. The van der Waals surface area contributed by atoms with Crippen LogP contribution in [0.15, 0.2) is 81.2 Å². The molecular formula is C46H54O3P2. The molecule has 0 aliphatic rings. The molecule has 0 fully saturated rings. The highest BCUT2D eigenvalue weighted by Crippen LogP contribution is 2.47. The van der Waals surface area contributed by atoms with Gasteiger partial charge in [0.15, 0.2) is 0 Å². The SMILES string of the molecule is Cc1cc(C)cc(P(c2cc(C)cc(C)c2)c2ccccc2Op2oc3c(C(C)(C)C)cc(C)c(C)c3c3c(C)c(C)cc(C(C)(C)C)c3o2)c1. The second-order valence-electron chi connectivity index (χ2n) is 16.6. The summed E-state index contributed by atoms with van der Waals surface area (Å²) in [6.45, 7) is 31.2. The second-order valence-corrected chi connectivity index (χ2v) is 19.8. The summed E-state index contributed by atoms with van der Waals surface area (Å²) >= 11 is 0. The fraction of sp³-hybridized carbons (Fsp3) is 0.348. The second kappa shape index (κ2) is 13.7. The van der Waals surface area contributed by atoms with Crippen LogP contribution in [0.2, 0.25) is 0 Å². The molecule has 0 unspecified atom stereocenters. The van der Waals surface area contributed by atoms with Crippen molar-refractivity contribution in [3.63, 3.8) is 0 Å². The average molecular weight is 717 g/mol. The smallest absolute Gasteiger partial charge is 0.390 e. The van der Waals surface area contributed by atoms with Gasteiger partial charge in [-0.1, -0.05) is 131 Å². The van der Waals surface area contributed by atoms with Gasteiger partial charge >= 0.3 is 8.24 Å². The zero-order valence-electron chi connectivity index (χ0n) is 33.0. The van der Waals surface area contributed by atoms with Gasteiger partial charge in [-0.25, -0.2) is 0 Å². The van der Waals surface area contributed by atoms with Crippen molar-refractivity contribution >= 4 is 54.0 Å². The lowest BCUT2D eigenvalue weighted by atomic mass is 9.81. The summed E-state index contributed by atoms with van der Waals surface area (Å²) in [4.78, 5) is 0. The zero-order chi connectivity index (χ0) is 37.2. The standard InChI is InChI=1S/C46H54O3P2/c1-27-19-28(2)22-35(21-27)50(36-23-29(3)20-30(4)24-36)40-18-16-15-17-39(40)47-51-48-43-37(45(9,10)11)25-31(5)33(7)41(43)42-34(8)32(6)26-38(44(42)49-51)46(12,13)14/h15-26H,1-14H3. The van der Waals surface area contributed by atoms with E-state index in [0.29, 0.717) is 0 Å². The summed E-state index contributed by atoms with van der Waals surface area (Å²) in [7, 11) is -2.88. The van der Waals surface area contributed by atoms with Crippen molar-refractivity contribution in [1.82, 2.24) is 0 Å². The molecular weight excluding hydrogens is 662 g/mol. The molecule has 0 spiro atoms. The van der Waals surface area contributed by atoms with E-state index in [-0.39, 0.29) is 10.8 Å². The van der Waals surface area contributed by atoms with Crippen LogP contribution >= 0.6 is 16.2 Å². The van der Waals surface area contributed by atoms with Crippen LogP contribution in [0.1, 0.15) is 97.2 Å². The first kappa shape index (κ1) is 37.0. The maximum atomic E-state index is 7.15. The topological polar surface area (TPSA) is 35.5 Å². The fourth-order valence-corrected chi connectivity index (χ4v) is 11.2. The Balaban J connectivity index is 1.72. The Morgan fingerprint density at radius 2 is 0.922 bits per heavy atom. The first-order chi connectivity index (χ1) is 23.8. The summed E-state index contributed by atoms with van der Waals surface area (Å²) in [5, 5.41) is 6.00. The van der Waals surface area contributed by atoms with E-state index in [1.165, 1.54) is 55.1 Å². The van der Waals surface area contributed by atoms with Crippen molar-refractivity contribution in [3.8, 4) is 5.75 Å². The van der Waals surface area contributed by atoms with Gasteiger partial charge in [0.2, 0.25) is 0 Å². The zero-order valence-corrected chi connectivity index (χ0v) is 34.8. The molecule has 6 aromatic rings. The molecule has 1 aromatic heterocycles. The van der Waals surface area contributed by atoms with Crippen LogP contribution in [-0.4, -0.2) is 0 Å². The van der Waals surface area contributed by atoms with E-state index in [1.54, 1.807) is 0 Å². The monoisotopic (exact) mass is 716 g/mol. The van der Waals surface area contributed by atoms with Gasteiger partial charge in [0.05, 0.1) is 0 Å². The van der Waals surface area contributed by atoms with Gasteiger partial charge in [-0.3, -0.25) is 0 Å². The van der Waals surface area contributed by atoms with Crippen LogP contribution in [0.25, 0.3) is 21.9 Å². The molecule has 6 rings (SSSR count). The Morgan fingerprint density at radius 1 is 0.529 bits per heavy atom. The quantitative estimate of drug-likeness (QED) is 0.167. The van der Waals surface area contributed by atoms with Crippen LogP contribution < -0.4 is 20.4 Å². The van der Waals surface area contributed by atoms with Crippen molar-refractivity contribution in [2.75, 3.05) is 0 Å². The predicted molar refractivity (Wildman–Crippen MR) is 223 cm³/mol. The first-order valence-electron chi connectivity index (χ1n) is 18.0. The highest BCUT2D eigenvalue weighted by Gasteiger charge is 2.28. The molecule has 0 saturated heterocycles. The van der Waals surface area contributed by atoms with Crippen molar-refractivity contribution in [2.45, 2.75) is 108 Å². The summed E-state index contributed by atoms with van der Waals surface area (Å²) in [5.74, 6) is 0.792. The van der Waals surface area contributed by atoms with Crippen LogP contribution in [0.4, 0.5) is 0 Å². The molecule has 0 aliphatic carbocycles. The fourth-order valence-electron chi connectivity index (χ4n) is 7.28. The van der Waals surface area contributed by atoms with Crippen molar-refractivity contribution in [3.05, 3.63) is 128 Å². The van der Waals surface area contributed by atoms with E-state index in [1.807, 2.05) is 0 Å². The number of hydrogen-bond acceptors (Lipinski definition) is 3. The van der Waals surface area contributed by atoms with Gasteiger partial charge in [0.1, 0.15) is 16.9 Å². The molecule has 5 aromatic carbocycles. The van der Waals surface area contributed by atoms with E-state index in [0.717, 1.165) is 44.1 Å². The number of para-hydroxylation sites is 1. The van der Waals surface area contributed by atoms with Crippen molar-refractivity contribution < 1.29 is 12.9 Å². The van der Waals surface area contributed by atoms with E-state index < -0.39 is 16.2 Å². The van der Waals surface area contributed by atoms with Crippen LogP contribution in [0.5, 0.6) is 5.75 Å².